The summed E-state index contributed by atoms with van der Waals surface area (Å²) in [6.45, 7) is 0. The summed E-state index contributed by atoms with van der Waals surface area (Å²) in [4.78, 5) is 16.4. The van der Waals surface area contributed by atoms with Crippen LogP contribution in [-0.2, 0) is 0 Å². The number of hydrogen-bond acceptors (Lipinski definition) is 6. The van der Waals surface area contributed by atoms with E-state index in [1.54, 1.807) is 18.2 Å². The molecule has 6 nitrogen and oxygen atoms in total. The second-order valence-corrected chi connectivity index (χ2v) is 5.20. The highest BCUT2D eigenvalue weighted by atomic mass is 32.1. The SMILES string of the molecule is O=C(N/N=C/c1ccc(F)s1)c1nc(-c2ccccc2)no1. The Labute approximate surface area is 128 Å². The molecule has 0 saturated carbocycles. The summed E-state index contributed by atoms with van der Waals surface area (Å²) in [6, 6.07) is 12.0. The Morgan fingerprint density at radius 3 is 2.82 bits per heavy atom. The molecule has 3 aromatic rings. The molecule has 0 atom stereocenters. The molecule has 0 saturated heterocycles. The Morgan fingerprint density at radius 1 is 1.27 bits per heavy atom. The Bertz CT molecular complexity index is 813. The minimum atomic E-state index is -0.636. The molecule has 0 spiro atoms. The van der Waals surface area contributed by atoms with Crippen LogP contribution in [0.5, 0.6) is 0 Å². The molecule has 1 aromatic carbocycles. The van der Waals surface area contributed by atoms with Gasteiger partial charge in [0.25, 0.3) is 0 Å². The molecular formula is C14H9FN4O2S. The lowest BCUT2D eigenvalue weighted by Crippen LogP contribution is -2.17. The summed E-state index contributed by atoms with van der Waals surface area (Å²) in [5.41, 5.74) is 2.98. The van der Waals surface area contributed by atoms with Crippen LogP contribution in [0.25, 0.3) is 11.4 Å². The summed E-state index contributed by atoms with van der Waals surface area (Å²) in [5.74, 6) is -0.522. The average Bonchev–Trinajstić information content (AvgIpc) is 3.17. The number of hydrogen-bond donors (Lipinski definition) is 1. The van der Waals surface area contributed by atoms with E-state index in [-0.39, 0.29) is 11.0 Å². The minimum Gasteiger partial charge on any atom is -0.328 e. The predicted molar refractivity (Wildman–Crippen MR) is 79.1 cm³/mol. The van der Waals surface area contributed by atoms with Gasteiger partial charge < -0.3 is 4.52 Å². The number of benzene rings is 1. The Kier molecular flexibility index (Phi) is 4.01. The van der Waals surface area contributed by atoms with E-state index in [4.69, 9.17) is 4.52 Å². The van der Waals surface area contributed by atoms with Gasteiger partial charge in [-0.15, -0.1) is 11.3 Å². The molecule has 1 N–H and O–H groups in total. The first-order valence-corrected chi connectivity index (χ1v) is 7.02. The van der Waals surface area contributed by atoms with Crippen molar-refractivity contribution in [2.75, 3.05) is 0 Å². The molecule has 2 aromatic heterocycles. The van der Waals surface area contributed by atoms with E-state index < -0.39 is 5.91 Å². The van der Waals surface area contributed by atoms with E-state index >= 15 is 0 Å². The van der Waals surface area contributed by atoms with Gasteiger partial charge in [-0.05, 0) is 12.1 Å². The highest BCUT2D eigenvalue weighted by molar-refractivity contribution is 7.12. The molecule has 8 heteroatoms. The van der Waals surface area contributed by atoms with Crippen molar-refractivity contribution >= 4 is 23.5 Å². The Morgan fingerprint density at radius 2 is 2.09 bits per heavy atom. The van der Waals surface area contributed by atoms with Crippen molar-refractivity contribution in [2.45, 2.75) is 0 Å². The molecule has 22 heavy (non-hydrogen) atoms. The topological polar surface area (TPSA) is 80.4 Å². The lowest BCUT2D eigenvalue weighted by molar-refractivity contribution is 0.0911. The van der Waals surface area contributed by atoms with Crippen LogP contribution in [0.1, 0.15) is 15.6 Å². The van der Waals surface area contributed by atoms with Crippen molar-refractivity contribution in [3.05, 3.63) is 58.4 Å². The summed E-state index contributed by atoms with van der Waals surface area (Å²) in [5, 5.41) is 7.11. The van der Waals surface area contributed by atoms with Gasteiger partial charge in [-0.25, -0.2) is 5.43 Å². The smallest absolute Gasteiger partial charge is 0.328 e. The van der Waals surface area contributed by atoms with Crippen LogP contribution in [0.15, 0.2) is 52.1 Å². The molecule has 0 radical (unpaired) electrons. The van der Waals surface area contributed by atoms with Gasteiger partial charge in [0.1, 0.15) is 0 Å². The van der Waals surface area contributed by atoms with Crippen LogP contribution in [0, 0.1) is 5.13 Å². The van der Waals surface area contributed by atoms with Gasteiger partial charge in [-0.3, -0.25) is 4.79 Å². The highest BCUT2D eigenvalue weighted by Gasteiger charge is 2.15. The number of carbonyl (C=O) groups excluding carboxylic acids is 1. The number of halogens is 1. The zero-order valence-electron chi connectivity index (χ0n) is 11.1. The van der Waals surface area contributed by atoms with Crippen LogP contribution in [0.4, 0.5) is 4.39 Å². The van der Waals surface area contributed by atoms with Gasteiger partial charge in [-0.1, -0.05) is 35.5 Å². The molecular weight excluding hydrogens is 307 g/mol. The molecule has 1 amide bonds. The van der Waals surface area contributed by atoms with Crippen molar-refractivity contribution in [3.63, 3.8) is 0 Å². The van der Waals surface area contributed by atoms with Gasteiger partial charge in [0.2, 0.25) is 5.82 Å². The highest BCUT2D eigenvalue weighted by Crippen LogP contribution is 2.14. The normalized spacial score (nSPS) is 11.0. The van der Waals surface area contributed by atoms with Crippen LogP contribution < -0.4 is 5.43 Å². The number of nitrogens with zero attached hydrogens (tertiary/aromatic N) is 3. The number of hydrazone groups is 1. The second kappa shape index (κ2) is 6.27. The third-order valence-corrected chi connectivity index (χ3v) is 3.41. The molecule has 0 unspecified atom stereocenters. The van der Waals surface area contributed by atoms with E-state index in [1.165, 1.54) is 12.3 Å². The van der Waals surface area contributed by atoms with E-state index in [2.05, 4.69) is 20.7 Å². The first kappa shape index (κ1) is 14.1. The van der Waals surface area contributed by atoms with E-state index in [0.29, 0.717) is 10.7 Å². The number of aromatic nitrogens is 2. The largest absolute Gasteiger partial charge is 0.329 e. The Hall–Kier alpha value is -2.87. The van der Waals surface area contributed by atoms with Gasteiger partial charge in [0.05, 0.1) is 11.1 Å². The maximum Gasteiger partial charge on any atom is 0.329 e. The summed E-state index contributed by atoms with van der Waals surface area (Å²) >= 11 is 0.918. The first-order valence-electron chi connectivity index (χ1n) is 6.20. The lowest BCUT2D eigenvalue weighted by atomic mass is 10.2. The standard InChI is InChI=1S/C14H9FN4O2S/c15-11-7-6-10(22-11)8-16-18-13(20)14-17-12(19-21-14)9-4-2-1-3-5-9/h1-8H,(H,18,20)/b16-8+. The average molecular weight is 316 g/mol. The number of carbonyl (C=O) groups is 1. The molecule has 0 aliphatic rings. The third-order valence-electron chi connectivity index (χ3n) is 2.60. The van der Waals surface area contributed by atoms with Crippen LogP contribution in [0.2, 0.25) is 0 Å². The van der Waals surface area contributed by atoms with Crippen molar-refractivity contribution in [1.29, 1.82) is 0 Å². The summed E-state index contributed by atoms with van der Waals surface area (Å²) in [7, 11) is 0. The molecule has 0 aliphatic carbocycles. The van der Waals surface area contributed by atoms with E-state index in [1.807, 2.05) is 18.2 Å². The van der Waals surface area contributed by atoms with Crippen molar-refractivity contribution in [2.24, 2.45) is 5.10 Å². The van der Waals surface area contributed by atoms with Gasteiger partial charge in [-0.2, -0.15) is 14.5 Å². The molecule has 2 heterocycles. The first-order chi connectivity index (χ1) is 10.7. The minimum absolute atomic E-state index is 0.201. The lowest BCUT2D eigenvalue weighted by Gasteiger charge is -1.92. The number of nitrogens with one attached hydrogen (secondary N) is 1. The van der Waals surface area contributed by atoms with Crippen LogP contribution in [-0.4, -0.2) is 22.3 Å². The van der Waals surface area contributed by atoms with Crippen LogP contribution in [0.3, 0.4) is 0 Å². The monoisotopic (exact) mass is 316 g/mol. The second-order valence-electron chi connectivity index (χ2n) is 4.13. The molecule has 110 valence electrons. The fourth-order valence-electron chi connectivity index (χ4n) is 1.62. The molecule has 0 aliphatic heterocycles. The van der Waals surface area contributed by atoms with E-state index in [9.17, 15) is 9.18 Å². The molecule has 0 fully saturated rings. The van der Waals surface area contributed by atoms with E-state index in [0.717, 1.165) is 16.9 Å². The van der Waals surface area contributed by atoms with Crippen LogP contribution >= 0.6 is 11.3 Å². The number of thiophene rings is 1. The van der Waals surface area contributed by atoms with Gasteiger partial charge in [0.15, 0.2) is 5.13 Å². The zero-order valence-corrected chi connectivity index (χ0v) is 11.9. The van der Waals surface area contributed by atoms with Crippen molar-refractivity contribution in [1.82, 2.24) is 15.6 Å². The number of amides is 1. The maximum atomic E-state index is 12.8. The van der Waals surface area contributed by atoms with Gasteiger partial charge in [0, 0.05) is 5.56 Å². The molecule has 0 bridgehead atoms. The Balaban J connectivity index is 1.66. The van der Waals surface area contributed by atoms with Crippen molar-refractivity contribution < 1.29 is 13.7 Å². The maximum absolute atomic E-state index is 12.8. The summed E-state index contributed by atoms with van der Waals surface area (Å²) < 4.78 is 17.7. The molecule has 3 rings (SSSR count). The third kappa shape index (κ3) is 3.23. The quantitative estimate of drug-likeness (QED) is 0.593. The summed E-state index contributed by atoms with van der Waals surface area (Å²) in [6.07, 6.45) is 1.33. The fourth-order valence-corrected chi connectivity index (χ4v) is 2.22. The van der Waals surface area contributed by atoms with Crippen molar-refractivity contribution in [3.8, 4) is 11.4 Å². The fraction of sp³-hybridized carbons (Fsp3) is 0. The predicted octanol–water partition coefficient (Wildman–Crippen LogP) is 2.70. The van der Waals surface area contributed by atoms with Gasteiger partial charge >= 0.3 is 11.8 Å². The number of rotatable bonds is 4. The zero-order chi connectivity index (χ0) is 15.4.